The highest BCUT2D eigenvalue weighted by Gasteiger charge is 2.28. The lowest BCUT2D eigenvalue weighted by atomic mass is 10.0. The molecular formula is C14H11NO. The number of rotatable bonds is 0. The van der Waals surface area contributed by atoms with E-state index in [1.807, 2.05) is 32.0 Å². The number of benzene rings is 1. The van der Waals surface area contributed by atoms with Gasteiger partial charge < -0.3 is 0 Å². The molecule has 0 spiro atoms. The van der Waals surface area contributed by atoms with Crippen molar-refractivity contribution in [3.63, 3.8) is 0 Å². The van der Waals surface area contributed by atoms with E-state index in [0.717, 1.165) is 33.5 Å². The Morgan fingerprint density at radius 1 is 1.12 bits per heavy atom. The minimum Gasteiger partial charge on any atom is -0.289 e. The number of hydrogen-bond donors (Lipinski definition) is 0. The summed E-state index contributed by atoms with van der Waals surface area (Å²) in [6.45, 7) is 4.04. The van der Waals surface area contributed by atoms with Gasteiger partial charge in [0.05, 0.1) is 5.69 Å². The first-order valence-electron chi connectivity index (χ1n) is 5.30. The van der Waals surface area contributed by atoms with Crippen molar-refractivity contribution in [2.45, 2.75) is 13.8 Å². The van der Waals surface area contributed by atoms with Crippen molar-refractivity contribution >= 4 is 5.78 Å². The maximum atomic E-state index is 12.2. The van der Waals surface area contributed by atoms with Crippen LogP contribution in [0.4, 0.5) is 0 Å². The fraction of sp³-hybridized carbons (Fsp3) is 0.143. The third-order valence-electron chi connectivity index (χ3n) is 3.01. The highest BCUT2D eigenvalue weighted by atomic mass is 16.1. The van der Waals surface area contributed by atoms with Crippen LogP contribution in [0.2, 0.25) is 0 Å². The molecule has 2 heteroatoms. The van der Waals surface area contributed by atoms with Crippen LogP contribution in [0, 0.1) is 13.8 Å². The van der Waals surface area contributed by atoms with E-state index in [-0.39, 0.29) is 5.78 Å². The van der Waals surface area contributed by atoms with Crippen molar-refractivity contribution in [3.05, 3.63) is 52.7 Å². The Morgan fingerprint density at radius 2 is 1.94 bits per heavy atom. The van der Waals surface area contributed by atoms with Crippen molar-refractivity contribution in [2.24, 2.45) is 0 Å². The molecule has 3 rings (SSSR count). The summed E-state index contributed by atoms with van der Waals surface area (Å²) in [5.74, 6) is 0.102. The summed E-state index contributed by atoms with van der Waals surface area (Å²) in [6.07, 6.45) is 1.74. The molecule has 1 aliphatic rings. The quantitative estimate of drug-likeness (QED) is 0.569. The average Bonchev–Trinajstić information content (AvgIpc) is 2.54. The van der Waals surface area contributed by atoms with E-state index < -0.39 is 0 Å². The molecule has 0 fully saturated rings. The summed E-state index contributed by atoms with van der Waals surface area (Å²) in [5, 5.41) is 0. The van der Waals surface area contributed by atoms with Crippen molar-refractivity contribution < 1.29 is 4.79 Å². The van der Waals surface area contributed by atoms with Crippen molar-refractivity contribution in [1.82, 2.24) is 4.98 Å². The van der Waals surface area contributed by atoms with Gasteiger partial charge in [0.15, 0.2) is 5.78 Å². The maximum Gasteiger partial charge on any atom is 0.195 e. The molecule has 0 aliphatic heterocycles. The largest absolute Gasteiger partial charge is 0.289 e. The summed E-state index contributed by atoms with van der Waals surface area (Å²) < 4.78 is 0. The number of pyridine rings is 1. The Bertz CT molecular complexity index is 614. The summed E-state index contributed by atoms with van der Waals surface area (Å²) in [6, 6.07) is 7.70. The van der Waals surface area contributed by atoms with Crippen LogP contribution < -0.4 is 0 Å². The van der Waals surface area contributed by atoms with Gasteiger partial charge in [-0.05, 0) is 37.6 Å². The van der Waals surface area contributed by atoms with E-state index >= 15 is 0 Å². The molecule has 2 nitrogen and oxygen atoms in total. The predicted molar refractivity (Wildman–Crippen MR) is 62.6 cm³/mol. The van der Waals surface area contributed by atoms with Gasteiger partial charge in [0.1, 0.15) is 0 Å². The summed E-state index contributed by atoms with van der Waals surface area (Å²) in [5.41, 5.74) is 5.61. The van der Waals surface area contributed by atoms with Gasteiger partial charge in [-0.25, -0.2) is 0 Å². The number of nitrogens with zero attached hydrogens (tertiary/aromatic N) is 1. The monoisotopic (exact) mass is 209 g/mol. The predicted octanol–water partition coefficient (Wildman–Crippen LogP) is 2.91. The summed E-state index contributed by atoms with van der Waals surface area (Å²) in [7, 11) is 0. The van der Waals surface area contributed by atoms with Gasteiger partial charge in [0.2, 0.25) is 0 Å². The van der Waals surface area contributed by atoms with Gasteiger partial charge in [0, 0.05) is 22.9 Å². The minimum atomic E-state index is 0.102. The molecular weight excluding hydrogens is 198 g/mol. The highest BCUT2D eigenvalue weighted by molar-refractivity contribution is 6.21. The molecule has 0 amide bonds. The van der Waals surface area contributed by atoms with Gasteiger partial charge in [-0.1, -0.05) is 11.6 Å². The Kier molecular flexibility index (Phi) is 1.75. The van der Waals surface area contributed by atoms with Crippen molar-refractivity contribution in [2.75, 3.05) is 0 Å². The zero-order valence-electron chi connectivity index (χ0n) is 9.24. The highest BCUT2D eigenvalue weighted by Crippen LogP contribution is 2.37. The SMILES string of the molecule is Cc1cc(C)c2c(c1)C(=O)c1cccnc1-2. The molecule has 0 N–H and O–H groups in total. The van der Waals surface area contributed by atoms with E-state index in [9.17, 15) is 4.79 Å². The normalized spacial score (nSPS) is 12.5. The van der Waals surface area contributed by atoms with Crippen LogP contribution in [0.15, 0.2) is 30.5 Å². The van der Waals surface area contributed by atoms with Crippen LogP contribution in [0.5, 0.6) is 0 Å². The smallest absolute Gasteiger partial charge is 0.195 e. The topological polar surface area (TPSA) is 30.0 Å². The molecule has 78 valence electrons. The van der Waals surface area contributed by atoms with Gasteiger partial charge in [0.25, 0.3) is 0 Å². The van der Waals surface area contributed by atoms with E-state index in [0.29, 0.717) is 0 Å². The van der Waals surface area contributed by atoms with Crippen molar-refractivity contribution in [3.8, 4) is 11.3 Å². The lowest BCUT2D eigenvalue weighted by Crippen LogP contribution is -1.95. The van der Waals surface area contributed by atoms with Crippen LogP contribution in [0.25, 0.3) is 11.3 Å². The number of ketones is 1. The molecule has 1 aromatic carbocycles. The molecule has 0 radical (unpaired) electrons. The Labute approximate surface area is 94.0 Å². The molecule has 1 aromatic heterocycles. The second-order valence-corrected chi connectivity index (χ2v) is 4.23. The first kappa shape index (κ1) is 9.28. The Morgan fingerprint density at radius 3 is 2.75 bits per heavy atom. The molecule has 2 aromatic rings. The molecule has 0 unspecified atom stereocenters. The Hall–Kier alpha value is -1.96. The Balaban J connectivity index is 2.43. The molecule has 0 saturated heterocycles. The zero-order valence-corrected chi connectivity index (χ0v) is 9.24. The number of aryl methyl sites for hydroxylation is 2. The molecule has 1 aliphatic carbocycles. The second kappa shape index (κ2) is 3.01. The molecule has 0 saturated carbocycles. The van der Waals surface area contributed by atoms with Gasteiger partial charge in [-0.3, -0.25) is 9.78 Å². The number of carbonyl (C=O) groups is 1. The fourth-order valence-electron chi connectivity index (χ4n) is 2.39. The third-order valence-corrected chi connectivity index (χ3v) is 3.01. The van der Waals surface area contributed by atoms with Crippen LogP contribution in [-0.2, 0) is 0 Å². The average molecular weight is 209 g/mol. The van der Waals surface area contributed by atoms with E-state index in [2.05, 4.69) is 11.1 Å². The summed E-state index contributed by atoms with van der Waals surface area (Å²) in [4.78, 5) is 16.5. The van der Waals surface area contributed by atoms with E-state index in [4.69, 9.17) is 0 Å². The number of hydrogen-bond acceptors (Lipinski definition) is 2. The number of aromatic nitrogens is 1. The van der Waals surface area contributed by atoms with Crippen molar-refractivity contribution in [1.29, 1.82) is 0 Å². The van der Waals surface area contributed by atoms with Gasteiger partial charge in [-0.15, -0.1) is 0 Å². The number of carbonyl (C=O) groups excluding carboxylic acids is 1. The maximum absolute atomic E-state index is 12.2. The van der Waals surface area contributed by atoms with Crippen LogP contribution >= 0.6 is 0 Å². The van der Waals surface area contributed by atoms with Crippen LogP contribution in [-0.4, -0.2) is 10.8 Å². The molecule has 0 atom stereocenters. The van der Waals surface area contributed by atoms with Crippen LogP contribution in [0.3, 0.4) is 0 Å². The number of fused-ring (bicyclic) bond motifs is 3. The standard InChI is InChI=1S/C14H11NO/c1-8-6-9(2)12-11(7-8)14(16)10-4-3-5-15-13(10)12/h3-7H,1-2H3. The second-order valence-electron chi connectivity index (χ2n) is 4.23. The third kappa shape index (κ3) is 1.07. The first-order valence-corrected chi connectivity index (χ1v) is 5.30. The lowest BCUT2D eigenvalue weighted by Gasteiger charge is -2.04. The summed E-state index contributed by atoms with van der Waals surface area (Å²) >= 11 is 0. The molecule has 0 bridgehead atoms. The zero-order chi connectivity index (χ0) is 11.3. The minimum absolute atomic E-state index is 0.102. The molecule has 1 heterocycles. The van der Waals surface area contributed by atoms with Gasteiger partial charge in [-0.2, -0.15) is 0 Å². The fourth-order valence-corrected chi connectivity index (χ4v) is 2.39. The first-order chi connectivity index (χ1) is 7.68. The lowest BCUT2D eigenvalue weighted by molar-refractivity contribution is 0.104. The van der Waals surface area contributed by atoms with Crippen LogP contribution in [0.1, 0.15) is 27.0 Å². The van der Waals surface area contributed by atoms with E-state index in [1.54, 1.807) is 6.20 Å². The van der Waals surface area contributed by atoms with E-state index in [1.165, 1.54) is 0 Å². The molecule has 16 heavy (non-hydrogen) atoms. The van der Waals surface area contributed by atoms with Gasteiger partial charge >= 0.3 is 0 Å².